The van der Waals surface area contributed by atoms with Gasteiger partial charge in [0.1, 0.15) is 5.76 Å². The zero-order chi connectivity index (χ0) is 18.5. The average molecular weight is 362 g/mol. The van der Waals surface area contributed by atoms with Gasteiger partial charge in [-0.1, -0.05) is 13.8 Å². The molecule has 26 heavy (non-hydrogen) atoms. The summed E-state index contributed by atoms with van der Waals surface area (Å²) in [7, 11) is 0. The van der Waals surface area contributed by atoms with Gasteiger partial charge >= 0.3 is 0 Å². The molecule has 3 rings (SSSR count). The SMILES string of the molecule is CC(C)CN(CC(=O)N(Cc1ccco1)CC1CCCO1)C(=O)C1CC1. The third-order valence-corrected chi connectivity index (χ3v) is 4.88. The van der Waals surface area contributed by atoms with Crippen molar-refractivity contribution in [3.05, 3.63) is 24.2 Å². The highest BCUT2D eigenvalue weighted by Crippen LogP contribution is 2.31. The van der Waals surface area contributed by atoms with E-state index < -0.39 is 0 Å². The first-order chi connectivity index (χ1) is 12.5. The van der Waals surface area contributed by atoms with Gasteiger partial charge in [0.2, 0.25) is 11.8 Å². The van der Waals surface area contributed by atoms with E-state index in [1.807, 2.05) is 12.1 Å². The van der Waals surface area contributed by atoms with E-state index >= 15 is 0 Å². The van der Waals surface area contributed by atoms with Crippen molar-refractivity contribution in [2.75, 3.05) is 26.2 Å². The second-order valence-corrected chi connectivity index (χ2v) is 7.88. The van der Waals surface area contributed by atoms with Crippen LogP contribution in [0.25, 0.3) is 0 Å². The predicted octanol–water partition coefficient (Wildman–Crippen LogP) is 2.68. The van der Waals surface area contributed by atoms with Gasteiger partial charge in [-0.15, -0.1) is 0 Å². The van der Waals surface area contributed by atoms with Crippen molar-refractivity contribution in [3.8, 4) is 0 Å². The number of hydrogen-bond acceptors (Lipinski definition) is 4. The van der Waals surface area contributed by atoms with Crippen molar-refractivity contribution < 1.29 is 18.7 Å². The number of carbonyl (C=O) groups is 2. The maximum absolute atomic E-state index is 13.0. The number of ether oxygens (including phenoxy) is 1. The Morgan fingerprint density at radius 1 is 1.23 bits per heavy atom. The van der Waals surface area contributed by atoms with E-state index in [1.54, 1.807) is 16.1 Å². The Hall–Kier alpha value is -1.82. The summed E-state index contributed by atoms with van der Waals surface area (Å²) in [6.45, 7) is 6.63. The second kappa shape index (κ2) is 8.71. The topological polar surface area (TPSA) is 63.0 Å². The van der Waals surface area contributed by atoms with Crippen LogP contribution in [0.5, 0.6) is 0 Å². The highest BCUT2D eigenvalue weighted by molar-refractivity contribution is 5.87. The third-order valence-electron chi connectivity index (χ3n) is 4.88. The third kappa shape index (κ3) is 5.34. The van der Waals surface area contributed by atoms with Crippen molar-refractivity contribution >= 4 is 11.8 Å². The molecule has 1 unspecified atom stereocenters. The first-order valence-electron chi connectivity index (χ1n) is 9.73. The molecule has 0 radical (unpaired) electrons. The smallest absolute Gasteiger partial charge is 0.242 e. The summed E-state index contributed by atoms with van der Waals surface area (Å²) in [6.07, 6.45) is 5.60. The number of furan rings is 1. The lowest BCUT2D eigenvalue weighted by Gasteiger charge is -2.29. The molecule has 0 spiro atoms. The molecule has 1 aliphatic heterocycles. The van der Waals surface area contributed by atoms with Crippen molar-refractivity contribution in [2.45, 2.75) is 52.2 Å². The summed E-state index contributed by atoms with van der Waals surface area (Å²) in [4.78, 5) is 29.1. The quantitative estimate of drug-likeness (QED) is 0.678. The summed E-state index contributed by atoms with van der Waals surface area (Å²) in [5, 5.41) is 0. The Bertz CT molecular complexity index is 589. The summed E-state index contributed by atoms with van der Waals surface area (Å²) in [6, 6.07) is 3.70. The zero-order valence-electron chi connectivity index (χ0n) is 15.9. The monoisotopic (exact) mass is 362 g/mol. The van der Waals surface area contributed by atoms with Crippen LogP contribution in [0.4, 0.5) is 0 Å². The van der Waals surface area contributed by atoms with Gasteiger partial charge in [0, 0.05) is 25.6 Å². The van der Waals surface area contributed by atoms with Crippen molar-refractivity contribution in [3.63, 3.8) is 0 Å². The summed E-state index contributed by atoms with van der Waals surface area (Å²) in [5.41, 5.74) is 0. The minimum Gasteiger partial charge on any atom is -0.467 e. The van der Waals surface area contributed by atoms with E-state index in [0.717, 1.165) is 38.1 Å². The van der Waals surface area contributed by atoms with E-state index in [2.05, 4.69) is 13.8 Å². The molecule has 6 nitrogen and oxygen atoms in total. The molecule has 1 saturated carbocycles. The Kier molecular flexibility index (Phi) is 6.35. The zero-order valence-corrected chi connectivity index (χ0v) is 15.9. The van der Waals surface area contributed by atoms with Gasteiger partial charge in [0.15, 0.2) is 0 Å². The van der Waals surface area contributed by atoms with Crippen LogP contribution in [0.2, 0.25) is 0 Å². The highest BCUT2D eigenvalue weighted by Gasteiger charge is 2.35. The first-order valence-corrected chi connectivity index (χ1v) is 9.73. The van der Waals surface area contributed by atoms with Gasteiger partial charge < -0.3 is 19.0 Å². The molecule has 6 heteroatoms. The fourth-order valence-corrected chi connectivity index (χ4v) is 3.40. The Balaban J connectivity index is 1.66. The van der Waals surface area contributed by atoms with E-state index in [-0.39, 0.29) is 30.4 Å². The van der Waals surface area contributed by atoms with Crippen LogP contribution >= 0.6 is 0 Å². The summed E-state index contributed by atoms with van der Waals surface area (Å²) < 4.78 is 11.1. The second-order valence-electron chi connectivity index (χ2n) is 7.88. The lowest BCUT2D eigenvalue weighted by Crippen LogP contribution is -2.46. The minimum absolute atomic E-state index is 0.0356. The van der Waals surface area contributed by atoms with Crippen molar-refractivity contribution in [2.24, 2.45) is 11.8 Å². The lowest BCUT2D eigenvalue weighted by molar-refractivity contribution is -0.143. The molecule has 2 amide bonds. The van der Waals surface area contributed by atoms with Crippen molar-refractivity contribution in [1.82, 2.24) is 9.80 Å². The van der Waals surface area contributed by atoms with Crippen LogP contribution in [0.3, 0.4) is 0 Å². The fourth-order valence-electron chi connectivity index (χ4n) is 3.40. The molecule has 1 atom stereocenters. The molecule has 2 fully saturated rings. The number of rotatable bonds is 9. The van der Waals surface area contributed by atoms with Gasteiger partial charge in [-0.3, -0.25) is 9.59 Å². The molecule has 1 aromatic heterocycles. The molecule has 1 aromatic rings. The molecule has 1 aliphatic carbocycles. The van der Waals surface area contributed by atoms with E-state index in [0.29, 0.717) is 25.6 Å². The molecule has 1 saturated heterocycles. The van der Waals surface area contributed by atoms with Crippen LogP contribution in [0, 0.1) is 11.8 Å². The Morgan fingerprint density at radius 2 is 2.04 bits per heavy atom. The fraction of sp³-hybridized carbons (Fsp3) is 0.700. The van der Waals surface area contributed by atoms with E-state index in [1.165, 1.54) is 0 Å². The van der Waals surface area contributed by atoms with Gasteiger partial charge in [-0.25, -0.2) is 0 Å². The normalized spacial score (nSPS) is 19.7. The van der Waals surface area contributed by atoms with Crippen LogP contribution < -0.4 is 0 Å². The number of amides is 2. The first kappa shape index (κ1) is 19.0. The number of nitrogens with zero attached hydrogens (tertiary/aromatic N) is 2. The van der Waals surface area contributed by atoms with Gasteiger partial charge in [-0.05, 0) is 43.7 Å². The summed E-state index contributed by atoms with van der Waals surface area (Å²) in [5.74, 6) is 1.30. The van der Waals surface area contributed by atoms with Crippen LogP contribution in [0.1, 0.15) is 45.3 Å². The van der Waals surface area contributed by atoms with E-state index in [4.69, 9.17) is 9.15 Å². The molecule has 0 aromatic carbocycles. The molecule has 0 N–H and O–H groups in total. The lowest BCUT2D eigenvalue weighted by atomic mass is 10.2. The van der Waals surface area contributed by atoms with Crippen LogP contribution in [-0.4, -0.2) is 54.0 Å². The Labute approximate surface area is 155 Å². The highest BCUT2D eigenvalue weighted by atomic mass is 16.5. The molecule has 2 aliphatic rings. The molecular formula is C20H30N2O4. The largest absolute Gasteiger partial charge is 0.467 e. The maximum atomic E-state index is 13.0. The Morgan fingerprint density at radius 3 is 2.62 bits per heavy atom. The summed E-state index contributed by atoms with van der Waals surface area (Å²) >= 11 is 0. The molecular weight excluding hydrogens is 332 g/mol. The standard InChI is InChI=1S/C20H30N2O4/c1-15(2)11-22(20(24)16-7-8-16)14-19(23)21(12-17-5-3-9-25-17)13-18-6-4-10-26-18/h3,5,9,15-16,18H,4,6-8,10-14H2,1-2H3. The minimum atomic E-state index is -0.0356. The van der Waals surface area contributed by atoms with Crippen LogP contribution in [0.15, 0.2) is 22.8 Å². The van der Waals surface area contributed by atoms with Crippen molar-refractivity contribution in [1.29, 1.82) is 0 Å². The molecule has 2 heterocycles. The maximum Gasteiger partial charge on any atom is 0.242 e. The molecule has 0 bridgehead atoms. The van der Waals surface area contributed by atoms with Gasteiger partial charge in [0.05, 0.1) is 25.5 Å². The van der Waals surface area contributed by atoms with Gasteiger partial charge in [-0.2, -0.15) is 0 Å². The predicted molar refractivity (Wildman–Crippen MR) is 97.2 cm³/mol. The van der Waals surface area contributed by atoms with E-state index in [9.17, 15) is 9.59 Å². The average Bonchev–Trinajstić information content (AvgIpc) is 3.08. The molecule has 144 valence electrons. The number of hydrogen-bond donors (Lipinski definition) is 0. The van der Waals surface area contributed by atoms with Crippen LogP contribution in [-0.2, 0) is 20.9 Å². The van der Waals surface area contributed by atoms with Gasteiger partial charge in [0.25, 0.3) is 0 Å². The number of carbonyl (C=O) groups excluding carboxylic acids is 2.